The van der Waals surface area contributed by atoms with Crippen LogP contribution in [-0.2, 0) is 4.74 Å². The Balaban J connectivity index is 2.41. The molecule has 16 heavy (non-hydrogen) atoms. The van der Waals surface area contributed by atoms with Crippen molar-refractivity contribution in [3.05, 3.63) is 0 Å². The average molecular weight is 228 g/mol. The Bertz CT molecular complexity index is 215. The third-order valence-electron chi connectivity index (χ3n) is 3.22. The van der Waals surface area contributed by atoms with Gasteiger partial charge in [0.1, 0.15) is 0 Å². The zero-order chi connectivity index (χ0) is 12.0. The molecule has 1 fully saturated rings. The summed E-state index contributed by atoms with van der Waals surface area (Å²) in [4.78, 5) is 13.8. The monoisotopic (exact) mass is 228 g/mol. The summed E-state index contributed by atoms with van der Waals surface area (Å²) in [6, 6.07) is 0.576. The van der Waals surface area contributed by atoms with Crippen molar-refractivity contribution >= 4 is 6.03 Å². The van der Waals surface area contributed by atoms with Crippen LogP contribution in [0.5, 0.6) is 0 Å². The molecule has 0 radical (unpaired) electrons. The first-order valence-corrected chi connectivity index (χ1v) is 6.25. The number of methoxy groups -OCH3 is 1. The van der Waals surface area contributed by atoms with Crippen molar-refractivity contribution in [3.8, 4) is 0 Å². The zero-order valence-electron chi connectivity index (χ0n) is 10.7. The van der Waals surface area contributed by atoms with Gasteiger partial charge in [0.2, 0.25) is 0 Å². The molecule has 1 rings (SSSR count). The van der Waals surface area contributed by atoms with Crippen LogP contribution in [0.2, 0.25) is 0 Å². The maximum Gasteiger partial charge on any atom is 0.317 e. The Kier molecular flexibility index (Phi) is 5.60. The number of carbonyl (C=O) groups is 1. The molecule has 94 valence electrons. The quantitative estimate of drug-likeness (QED) is 0.782. The molecule has 2 amide bonds. The van der Waals surface area contributed by atoms with Gasteiger partial charge >= 0.3 is 6.03 Å². The summed E-state index contributed by atoms with van der Waals surface area (Å²) in [6.45, 7) is 5.33. The van der Waals surface area contributed by atoms with Crippen molar-refractivity contribution in [2.45, 2.75) is 51.6 Å². The number of hydrogen-bond donors (Lipinski definition) is 1. The molecule has 4 heteroatoms. The van der Waals surface area contributed by atoms with Gasteiger partial charge in [-0.1, -0.05) is 12.8 Å². The fraction of sp³-hybridized carbons (Fsp3) is 0.917. The first-order chi connectivity index (χ1) is 7.69. The highest BCUT2D eigenvalue weighted by Crippen LogP contribution is 2.18. The van der Waals surface area contributed by atoms with Crippen molar-refractivity contribution in [2.24, 2.45) is 0 Å². The molecule has 1 aliphatic rings. The summed E-state index contributed by atoms with van der Waals surface area (Å²) in [6.07, 6.45) is 4.74. The molecule has 0 spiro atoms. The predicted molar refractivity (Wildman–Crippen MR) is 64.5 cm³/mol. The second-order valence-corrected chi connectivity index (χ2v) is 4.52. The van der Waals surface area contributed by atoms with Gasteiger partial charge in [0.05, 0.1) is 12.6 Å². The largest absolute Gasteiger partial charge is 0.383 e. The Morgan fingerprint density at radius 2 is 2.12 bits per heavy atom. The summed E-state index contributed by atoms with van der Waals surface area (Å²) in [5, 5.41) is 3.10. The molecule has 4 nitrogen and oxygen atoms in total. The summed E-state index contributed by atoms with van der Waals surface area (Å²) in [5.74, 6) is 0. The van der Waals surface area contributed by atoms with Crippen LogP contribution in [0.1, 0.15) is 39.5 Å². The molecule has 0 aromatic heterocycles. The maximum absolute atomic E-state index is 12.0. The molecule has 1 unspecified atom stereocenters. The molecule has 0 aromatic rings. The highest BCUT2D eigenvalue weighted by atomic mass is 16.5. The number of rotatable bonds is 5. The molecule has 0 bridgehead atoms. The molecular formula is C12H24N2O2. The van der Waals surface area contributed by atoms with Crippen molar-refractivity contribution < 1.29 is 9.53 Å². The van der Waals surface area contributed by atoms with Crippen LogP contribution < -0.4 is 5.32 Å². The normalized spacial score (nSPS) is 18.4. The smallest absolute Gasteiger partial charge is 0.317 e. The van der Waals surface area contributed by atoms with Crippen LogP contribution in [-0.4, -0.2) is 43.3 Å². The van der Waals surface area contributed by atoms with Gasteiger partial charge in [0.15, 0.2) is 0 Å². The zero-order valence-corrected chi connectivity index (χ0v) is 10.7. The number of hydrogen-bond acceptors (Lipinski definition) is 2. The Labute approximate surface area is 98.3 Å². The molecule has 0 aliphatic heterocycles. The summed E-state index contributed by atoms with van der Waals surface area (Å²) in [5.41, 5.74) is 0. The molecule has 0 heterocycles. The molecule has 0 aromatic carbocycles. The summed E-state index contributed by atoms with van der Waals surface area (Å²) >= 11 is 0. The van der Waals surface area contributed by atoms with Crippen molar-refractivity contribution in [2.75, 3.05) is 20.3 Å². The topological polar surface area (TPSA) is 41.6 Å². The third kappa shape index (κ3) is 3.67. The first kappa shape index (κ1) is 13.3. The Morgan fingerprint density at radius 1 is 1.50 bits per heavy atom. The van der Waals surface area contributed by atoms with Crippen molar-refractivity contribution in [1.82, 2.24) is 10.2 Å². The van der Waals surface area contributed by atoms with Gasteiger partial charge in [-0.15, -0.1) is 0 Å². The third-order valence-corrected chi connectivity index (χ3v) is 3.22. The second kappa shape index (κ2) is 6.74. The van der Waals surface area contributed by atoms with Crippen LogP contribution >= 0.6 is 0 Å². The van der Waals surface area contributed by atoms with E-state index >= 15 is 0 Å². The Morgan fingerprint density at radius 3 is 2.62 bits per heavy atom. The van der Waals surface area contributed by atoms with Gasteiger partial charge in [-0.3, -0.25) is 0 Å². The van der Waals surface area contributed by atoms with E-state index in [-0.39, 0.29) is 12.1 Å². The molecule has 1 atom stereocenters. The van der Waals surface area contributed by atoms with E-state index < -0.39 is 0 Å². The lowest BCUT2D eigenvalue weighted by Gasteiger charge is -2.29. The number of amides is 2. The lowest BCUT2D eigenvalue weighted by Crippen LogP contribution is -2.49. The molecule has 1 N–H and O–H groups in total. The number of likely N-dealkylation sites (N-methyl/N-ethyl adjacent to an activating group) is 1. The minimum atomic E-state index is 0.0546. The van der Waals surface area contributed by atoms with Gasteiger partial charge in [0, 0.05) is 19.7 Å². The predicted octanol–water partition coefficient (Wildman–Crippen LogP) is 2.00. The van der Waals surface area contributed by atoms with E-state index in [4.69, 9.17) is 4.74 Å². The van der Waals surface area contributed by atoms with Gasteiger partial charge in [-0.05, 0) is 26.7 Å². The maximum atomic E-state index is 12.0. The first-order valence-electron chi connectivity index (χ1n) is 6.25. The SMILES string of the molecule is CCN(C(=O)NC1CCCC1)C(C)COC. The fourth-order valence-corrected chi connectivity index (χ4v) is 2.31. The molecule has 1 saturated carbocycles. The van der Waals surface area contributed by atoms with E-state index in [0.717, 1.165) is 19.4 Å². The van der Waals surface area contributed by atoms with Gasteiger partial charge in [0.25, 0.3) is 0 Å². The minimum Gasteiger partial charge on any atom is -0.383 e. The number of nitrogens with one attached hydrogen (secondary N) is 1. The van der Waals surface area contributed by atoms with Crippen LogP contribution in [0.15, 0.2) is 0 Å². The number of carbonyl (C=O) groups excluding carboxylic acids is 1. The fourth-order valence-electron chi connectivity index (χ4n) is 2.31. The Hall–Kier alpha value is -0.770. The summed E-state index contributed by atoms with van der Waals surface area (Å²) < 4.78 is 5.08. The van der Waals surface area contributed by atoms with Crippen LogP contribution in [0.25, 0.3) is 0 Å². The van der Waals surface area contributed by atoms with E-state index in [1.807, 2.05) is 18.7 Å². The highest BCUT2D eigenvalue weighted by Gasteiger charge is 2.22. The van der Waals surface area contributed by atoms with Crippen LogP contribution in [0.4, 0.5) is 4.79 Å². The van der Waals surface area contributed by atoms with Crippen LogP contribution in [0, 0.1) is 0 Å². The van der Waals surface area contributed by atoms with E-state index in [1.54, 1.807) is 7.11 Å². The van der Waals surface area contributed by atoms with E-state index in [9.17, 15) is 4.79 Å². The lowest BCUT2D eigenvalue weighted by atomic mass is 10.2. The average Bonchev–Trinajstić information content (AvgIpc) is 2.71. The van der Waals surface area contributed by atoms with E-state index in [1.165, 1.54) is 12.8 Å². The van der Waals surface area contributed by atoms with E-state index in [0.29, 0.717) is 12.6 Å². The second-order valence-electron chi connectivity index (χ2n) is 4.52. The molecule has 1 aliphatic carbocycles. The van der Waals surface area contributed by atoms with Gasteiger partial charge < -0.3 is 15.0 Å². The van der Waals surface area contributed by atoms with Crippen molar-refractivity contribution in [1.29, 1.82) is 0 Å². The number of nitrogens with zero attached hydrogens (tertiary/aromatic N) is 1. The summed E-state index contributed by atoms with van der Waals surface area (Å²) in [7, 11) is 1.67. The van der Waals surface area contributed by atoms with Crippen LogP contribution in [0.3, 0.4) is 0 Å². The minimum absolute atomic E-state index is 0.0546. The standard InChI is InChI=1S/C12H24N2O2/c1-4-14(10(2)9-16-3)12(15)13-11-7-5-6-8-11/h10-11H,4-9H2,1-3H3,(H,13,15). The highest BCUT2D eigenvalue weighted by molar-refractivity contribution is 5.74. The van der Waals surface area contributed by atoms with E-state index in [2.05, 4.69) is 5.32 Å². The number of ether oxygens (including phenoxy) is 1. The lowest BCUT2D eigenvalue weighted by molar-refractivity contribution is 0.112. The van der Waals surface area contributed by atoms with Crippen molar-refractivity contribution in [3.63, 3.8) is 0 Å². The van der Waals surface area contributed by atoms with Gasteiger partial charge in [-0.25, -0.2) is 4.79 Å². The van der Waals surface area contributed by atoms with Gasteiger partial charge in [-0.2, -0.15) is 0 Å². The molecular weight excluding hydrogens is 204 g/mol. The number of urea groups is 1. The molecule has 0 saturated heterocycles.